The Morgan fingerprint density at radius 3 is 2.72 bits per heavy atom. The Labute approximate surface area is 194 Å². The second-order valence-corrected chi connectivity index (χ2v) is 10.0. The van der Waals surface area contributed by atoms with Gasteiger partial charge in [0.05, 0.1) is 16.3 Å². The van der Waals surface area contributed by atoms with Crippen molar-refractivity contribution in [3.8, 4) is 21.8 Å². The van der Waals surface area contributed by atoms with Crippen LogP contribution in [0, 0.1) is 0 Å². The van der Waals surface area contributed by atoms with E-state index in [0.29, 0.717) is 0 Å². The van der Waals surface area contributed by atoms with E-state index >= 15 is 0 Å². The highest BCUT2D eigenvalue weighted by molar-refractivity contribution is 7.17. The van der Waals surface area contributed by atoms with Crippen molar-refractivity contribution in [2.45, 2.75) is 18.9 Å². The molecule has 0 saturated carbocycles. The SMILES string of the molecule is O=C1NCCN1C1CCCN(c2nc(-c3cccs3)nc3scc(-c4ccccc4)c23)C1. The van der Waals surface area contributed by atoms with Gasteiger partial charge in [0.2, 0.25) is 0 Å². The number of thiophene rings is 2. The number of anilines is 1. The maximum atomic E-state index is 12.3. The van der Waals surface area contributed by atoms with Crippen LogP contribution in [0.15, 0.2) is 53.2 Å². The van der Waals surface area contributed by atoms with E-state index < -0.39 is 0 Å². The summed E-state index contributed by atoms with van der Waals surface area (Å²) >= 11 is 3.34. The molecule has 32 heavy (non-hydrogen) atoms. The number of aromatic nitrogens is 2. The van der Waals surface area contributed by atoms with E-state index in [9.17, 15) is 4.79 Å². The van der Waals surface area contributed by atoms with Crippen LogP contribution in [-0.2, 0) is 0 Å². The lowest BCUT2D eigenvalue weighted by Gasteiger charge is -2.38. The number of rotatable bonds is 4. The Bertz CT molecular complexity index is 1250. The zero-order chi connectivity index (χ0) is 21.5. The average molecular weight is 462 g/mol. The second kappa shape index (κ2) is 8.18. The smallest absolute Gasteiger partial charge is 0.317 e. The molecule has 1 aromatic carbocycles. The number of benzene rings is 1. The van der Waals surface area contributed by atoms with E-state index in [1.165, 1.54) is 11.1 Å². The molecule has 1 unspecified atom stereocenters. The van der Waals surface area contributed by atoms with Crippen molar-refractivity contribution in [3.63, 3.8) is 0 Å². The predicted octanol–water partition coefficient (Wildman–Crippen LogP) is 5.08. The summed E-state index contributed by atoms with van der Waals surface area (Å²) in [6.07, 6.45) is 2.07. The van der Waals surface area contributed by atoms with Crippen LogP contribution in [-0.4, -0.2) is 53.1 Å². The molecule has 6 nitrogen and oxygen atoms in total. The van der Waals surface area contributed by atoms with Gasteiger partial charge in [0.25, 0.3) is 0 Å². The normalized spacial score (nSPS) is 19.0. The van der Waals surface area contributed by atoms with Gasteiger partial charge in [-0.3, -0.25) is 0 Å². The maximum Gasteiger partial charge on any atom is 0.317 e. The van der Waals surface area contributed by atoms with Gasteiger partial charge in [0.1, 0.15) is 10.6 Å². The zero-order valence-electron chi connectivity index (χ0n) is 17.5. The van der Waals surface area contributed by atoms with Crippen LogP contribution in [0.5, 0.6) is 0 Å². The fourth-order valence-electron chi connectivity index (χ4n) is 4.73. The van der Waals surface area contributed by atoms with Crippen molar-refractivity contribution in [1.82, 2.24) is 20.2 Å². The predicted molar refractivity (Wildman–Crippen MR) is 132 cm³/mol. The van der Waals surface area contributed by atoms with Crippen molar-refractivity contribution in [2.75, 3.05) is 31.1 Å². The van der Waals surface area contributed by atoms with Crippen LogP contribution in [0.3, 0.4) is 0 Å². The Kier molecular flexibility index (Phi) is 5.04. The molecule has 2 saturated heterocycles. The summed E-state index contributed by atoms with van der Waals surface area (Å²) < 4.78 is 0. The number of fused-ring (bicyclic) bond motifs is 1. The summed E-state index contributed by atoms with van der Waals surface area (Å²) in [4.78, 5) is 28.8. The molecule has 2 fully saturated rings. The van der Waals surface area contributed by atoms with E-state index in [1.807, 2.05) is 17.0 Å². The molecule has 0 bridgehead atoms. The number of nitrogens with one attached hydrogen (secondary N) is 1. The number of carbonyl (C=O) groups is 1. The lowest BCUT2D eigenvalue weighted by atomic mass is 10.0. The quantitative estimate of drug-likeness (QED) is 0.460. The van der Waals surface area contributed by atoms with Gasteiger partial charge in [0.15, 0.2) is 5.82 Å². The molecule has 1 N–H and O–H groups in total. The van der Waals surface area contributed by atoms with Gasteiger partial charge in [-0.05, 0) is 29.9 Å². The number of hydrogen-bond donors (Lipinski definition) is 1. The minimum Gasteiger partial charge on any atom is -0.354 e. The number of piperidine rings is 1. The molecule has 6 rings (SSSR count). The molecular formula is C24H23N5OS2. The van der Waals surface area contributed by atoms with Crippen LogP contribution in [0.25, 0.3) is 32.0 Å². The highest BCUT2D eigenvalue weighted by Crippen LogP contribution is 2.40. The first kappa shape index (κ1) is 19.7. The summed E-state index contributed by atoms with van der Waals surface area (Å²) in [5, 5.41) is 8.33. The Hall–Kier alpha value is -2.97. The van der Waals surface area contributed by atoms with Crippen molar-refractivity contribution in [1.29, 1.82) is 0 Å². The molecule has 2 aliphatic heterocycles. The van der Waals surface area contributed by atoms with Gasteiger partial charge in [-0.1, -0.05) is 36.4 Å². The summed E-state index contributed by atoms with van der Waals surface area (Å²) in [7, 11) is 0. The number of hydrogen-bond acceptors (Lipinski definition) is 6. The minimum absolute atomic E-state index is 0.0597. The monoisotopic (exact) mass is 461 g/mol. The van der Waals surface area contributed by atoms with Crippen molar-refractivity contribution in [3.05, 3.63) is 53.2 Å². The largest absolute Gasteiger partial charge is 0.354 e. The van der Waals surface area contributed by atoms with Gasteiger partial charge in [0, 0.05) is 37.1 Å². The van der Waals surface area contributed by atoms with Crippen LogP contribution in [0.4, 0.5) is 10.6 Å². The third-order valence-corrected chi connectivity index (χ3v) is 8.01. The third kappa shape index (κ3) is 3.43. The van der Waals surface area contributed by atoms with Crippen molar-refractivity contribution < 1.29 is 4.79 Å². The molecule has 2 aliphatic rings. The first-order valence-electron chi connectivity index (χ1n) is 11.0. The average Bonchev–Trinajstić information content (AvgIpc) is 3.60. The van der Waals surface area contributed by atoms with Crippen molar-refractivity contribution >= 4 is 44.7 Å². The molecule has 0 aliphatic carbocycles. The minimum atomic E-state index is 0.0597. The van der Waals surface area contributed by atoms with Gasteiger partial charge >= 0.3 is 6.03 Å². The van der Waals surface area contributed by atoms with Gasteiger partial charge < -0.3 is 15.1 Å². The fourth-order valence-corrected chi connectivity index (χ4v) is 6.33. The summed E-state index contributed by atoms with van der Waals surface area (Å²) in [6.45, 7) is 3.25. The molecule has 2 amide bonds. The molecule has 8 heteroatoms. The molecule has 0 radical (unpaired) electrons. The number of amides is 2. The van der Waals surface area contributed by atoms with Gasteiger partial charge in [-0.15, -0.1) is 22.7 Å². The van der Waals surface area contributed by atoms with Crippen LogP contribution < -0.4 is 10.2 Å². The van der Waals surface area contributed by atoms with Crippen LogP contribution in [0.2, 0.25) is 0 Å². The van der Waals surface area contributed by atoms with Crippen LogP contribution >= 0.6 is 22.7 Å². The Balaban J connectivity index is 1.47. The maximum absolute atomic E-state index is 12.3. The standard InChI is InChI=1S/C24H23N5OS2/c30-24-25-10-12-29(24)17-8-4-11-28(14-17)22-20-18(16-6-2-1-3-7-16)15-32-23(20)27-21(26-22)19-9-5-13-31-19/h1-3,5-7,9,13,15,17H,4,8,10-12,14H2,(H,25,30). The highest BCUT2D eigenvalue weighted by atomic mass is 32.1. The molecule has 1 atom stereocenters. The zero-order valence-corrected chi connectivity index (χ0v) is 19.2. The first-order chi connectivity index (χ1) is 15.8. The second-order valence-electron chi connectivity index (χ2n) is 8.21. The third-order valence-electron chi connectivity index (χ3n) is 6.27. The van der Waals surface area contributed by atoms with E-state index in [4.69, 9.17) is 9.97 Å². The molecule has 162 valence electrons. The lowest BCUT2D eigenvalue weighted by Crippen LogP contribution is -2.49. The number of carbonyl (C=O) groups excluding carboxylic acids is 1. The van der Waals surface area contributed by atoms with Gasteiger partial charge in [-0.2, -0.15) is 0 Å². The number of urea groups is 1. The summed E-state index contributed by atoms with van der Waals surface area (Å²) in [5.41, 5.74) is 2.36. The molecular weight excluding hydrogens is 438 g/mol. The van der Waals surface area contributed by atoms with E-state index in [-0.39, 0.29) is 12.1 Å². The number of nitrogens with zero attached hydrogens (tertiary/aromatic N) is 4. The lowest BCUT2D eigenvalue weighted by molar-refractivity contribution is 0.189. The van der Waals surface area contributed by atoms with Crippen molar-refractivity contribution in [2.24, 2.45) is 0 Å². The van der Waals surface area contributed by atoms with E-state index in [1.54, 1.807) is 22.7 Å². The molecule has 3 aromatic heterocycles. The topological polar surface area (TPSA) is 61.4 Å². The van der Waals surface area contributed by atoms with Gasteiger partial charge in [-0.25, -0.2) is 14.8 Å². The highest BCUT2D eigenvalue weighted by Gasteiger charge is 2.33. The fraction of sp³-hybridized carbons (Fsp3) is 0.292. The summed E-state index contributed by atoms with van der Waals surface area (Å²) in [6, 6.07) is 14.9. The Morgan fingerprint density at radius 1 is 1.03 bits per heavy atom. The molecule has 4 aromatic rings. The summed E-state index contributed by atoms with van der Waals surface area (Å²) in [5.74, 6) is 1.77. The van der Waals surface area contributed by atoms with E-state index in [0.717, 1.165) is 65.8 Å². The Morgan fingerprint density at radius 2 is 1.94 bits per heavy atom. The molecule has 5 heterocycles. The molecule has 0 spiro atoms. The first-order valence-corrected chi connectivity index (χ1v) is 12.7. The van der Waals surface area contributed by atoms with E-state index in [2.05, 4.69) is 51.3 Å². The van der Waals surface area contributed by atoms with Crippen LogP contribution in [0.1, 0.15) is 12.8 Å².